The van der Waals surface area contributed by atoms with E-state index in [1.807, 2.05) is 17.9 Å². The van der Waals surface area contributed by atoms with Crippen LogP contribution < -0.4 is 5.73 Å². The molecule has 4 nitrogen and oxygen atoms in total. The maximum atomic E-state index is 5.81. The summed E-state index contributed by atoms with van der Waals surface area (Å²) in [7, 11) is 1.91. The zero-order chi connectivity index (χ0) is 7.84. The molecule has 1 fully saturated rings. The summed E-state index contributed by atoms with van der Waals surface area (Å²) in [4.78, 5) is 0. The number of nitrogens with zero attached hydrogens (tertiary/aromatic N) is 3. The van der Waals surface area contributed by atoms with E-state index < -0.39 is 0 Å². The van der Waals surface area contributed by atoms with Crippen molar-refractivity contribution in [2.75, 3.05) is 0 Å². The summed E-state index contributed by atoms with van der Waals surface area (Å²) in [5.74, 6) is 0.495. The number of rotatable bonds is 1. The summed E-state index contributed by atoms with van der Waals surface area (Å²) in [6.07, 6.45) is 4.13. The highest BCUT2D eigenvalue weighted by Crippen LogP contribution is 2.34. The first-order valence-electron chi connectivity index (χ1n) is 3.89. The lowest BCUT2D eigenvalue weighted by atomic mass is 9.78. The molecule has 1 aromatic rings. The van der Waals surface area contributed by atoms with Crippen LogP contribution in [0.1, 0.15) is 24.5 Å². The minimum Gasteiger partial charge on any atom is -0.327 e. The molecule has 2 atom stereocenters. The molecule has 0 amide bonds. The first-order valence-corrected chi connectivity index (χ1v) is 3.89. The summed E-state index contributed by atoms with van der Waals surface area (Å²) in [5, 5.41) is 7.68. The quantitative estimate of drug-likeness (QED) is 0.617. The van der Waals surface area contributed by atoms with Gasteiger partial charge in [-0.1, -0.05) is 5.21 Å². The molecule has 4 heteroatoms. The Morgan fingerprint density at radius 2 is 2.45 bits per heavy atom. The van der Waals surface area contributed by atoms with Crippen molar-refractivity contribution in [3.05, 3.63) is 11.9 Å². The predicted molar refractivity (Wildman–Crippen MR) is 41.0 cm³/mol. The normalized spacial score (nSPS) is 30.0. The standard InChI is InChI=1S/C7H12N4/c1-11-7(4-9-10-11)5-2-3-6(5)8/h4-6H,2-3,8H2,1H3. The lowest BCUT2D eigenvalue weighted by molar-refractivity contribution is 0.331. The summed E-state index contributed by atoms with van der Waals surface area (Å²) < 4.78 is 1.81. The third-order valence-electron chi connectivity index (χ3n) is 2.46. The molecule has 0 bridgehead atoms. The van der Waals surface area contributed by atoms with E-state index in [0.29, 0.717) is 12.0 Å². The van der Waals surface area contributed by atoms with Crippen LogP contribution in [0.25, 0.3) is 0 Å². The minimum absolute atomic E-state index is 0.326. The minimum atomic E-state index is 0.326. The molecule has 60 valence electrons. The second kappa shape index (κ2) is 2.30. The Balaban J connectivity index is 2.22. The van der Waals surface area contributed by atoms with E-state index in [9.17, 15) is 0 Å². The Kier molecular flexibility index (Phi) is 1.42. The largest absolute Gasteiger partial charge is 0.327 e. The maximum Gasteiger partial charge on any atom is 0.0728 e. The molecule has 0 aromatic carbocycles. The molecule has 11 heavy (non-hydrogen) atoms. The smallest absolute Gasteiger partial charge is 0.0728 e. The highest BCUT2D eigenvalue weighted by Gasteiger charge is 2.31. The molecule has 2 rings (SSSR count). The fourth-order valence-electron chi connectivity index (χ4n) is 1.53. The van der Waals surface area contributed by atoms with Gasteiger partial charge < -0.3 is 5.73 Å². The highest BCUT2D eigenvalue weighted by molar-refractivity contribution is 5.11. The topological polar surface area (TPSA) is 56.7 Å². The lowest BCUT2D eigenvalue weighted by Crippen LogP contribution is -2.38. The van der Waals surface area contributed by atoms with Crippen LogP contribution in [-0.4, -0.2) is 21.0 Å². The van der Waals surface area contributed by atoms with Gasteiger partial charge in [-0.05, 0) is 12.8 Å². The van der Waals surface area contributed by atoms with E-state index in [0.717, 1.165) is 6.42 Å². The van der Waals surface area contributed by atoms with Crippen LogP contribution in [0.2, 0.25) is 0 Å². The second-order valence-corrected chi connectivity index (χ2v) is 3.13. The fourth-order valence-corrected chi connectivity index (χ4v) is 1.53. The van der Waals surface area contributed by atoms with E-state index in [2.05, 4.69) is 10.3 Å². The third-order valence-corrected chi connectivity index (χ3v) is 2.46. The summed E-state index contributed by atoms with van der Waals surface area (Å²) in [5.41, 5.74) is 6.98. The van der Waals surface area contributed by atoms with Crippen molar-refractivity contribution >= 4 is 0 Å². The Bertz CT molecular complexity index is 255. The lowest BCUT2D eigenvalue weighted by Gasteiger charge is -2.32. The molecule has 1 heterocycles. The van der Waals surface area contributed by atoms with Gasteiger partial charge in [0.15, 0.2) is 0 Å². The van der Waals surface area contributed by atoms with Gasteiger partial charge in [0.25, 0.3) is 0 Å². The number of hydrogen-bond acceptors (Lipinski definition) is 3. The molecule has 0 radical (unpaired) electrons. The maximum absolute atomic E-state index is 5.81. The number of nitrogens with two attached hydrogens (primary N) is 1. The van der Waals surface area contributed by atoms with E-state index in [1.54, 1.807) is 0 Å². The first kappa shape index (κ1) is 6.79. The number of aromatic nitrogens is 3. The molecule has 0 aliphatic heterocycles. The van der Waals surface area contributed by atoms with Crippen LogP contribution >= 0.6 is 0 Å². The van der Waals surface area contributed by atoms with Crippen LogP contribution in [0.15, 0.2) is 6.20 Å². The van der Waals surface area contributed by atoms with Crippen LogP contribution in [-0.2, 0) is 7.05 Å². The van der Waals surface area contributed by atoms with Crippen molar-refractivity contribution in [2.45, 2.75) is 24.8 Å². The molecule has 1 aromatic heterocycles. The average Bonchev–Trinajstić information content (AvgIpc) is 2.34. The summed E-state index contributed by atoms with van der Waals surface area (Å²) in [6.45, 7) is 0. The Labute approximate surface area is 65.4 Å². The number of aryl methyl sites for hydroxylation is 1. The predicted octanol–water partition coefficient (Wildman–Crippen LogP) is 0.0198. The number of hydrogen-bond donors (Lipinski definition) is 1. The monoisotopic (exact) mass is 152 g/mol. The van der Waals surface area contributed by atoms with Crippen molar-refractivity contribution in [1.29, 1.82) is 0 Å². The van der Waals surface area contributed by atoms with Crippen molar-refractivity contribution in [2.24, 2.45) is 12.8 Å². The molecular formula is C7H12N4. The van der Waals surface area contributed by atoms with E-state index >= 15 is 0 Å². The van der Waals surface area contributed by atoms with Gasteiger partial charge >= 0.3 is 0 Å². The highest BCUT2D eigenvalue weighted by atomic mass is 15.4. The molecule has 1 saturated carbocycles. The van der Waals surface area contributed by atoms with E-state index in [1.165, 1.54) is 12.1 Å². The van der Waals surface area contributed by atoms with Gasteiger partial charge in [0, 0.05) is 19.0 Å². The van der Waals surface area contributed by atoms with Gasteiger partial charge in [0.1, 0.15) is 0 Å². The molecule has 0 spiro atoms. The Morgan fingerprint density at radius 3 is 2.82 bits per heavy atom. The second-order valence-electron chi connectivity index (χ2n) is 3.13. The molecular weight excluding hydrogens is 140 g/mol. The SMILES string of the molecule is Cn1nncc1C1CCC1N. The molecule has 1 aliphatic rings. The Morgan fingerprint density at radius 1 is 1.64 bits per heavy atom. The molecule has 1 aliphatic carbocycles. The zero-order valence-corrected chi connectivity index (χ0v) is 6.57. The Hall–Kier alpha value is -0.900. The average molecular weight is 152 g/mol. The van der Waals surface area contributed by atoms with Gasteiger partial charge in [-0.3, -0.25) is 4.68 Å². The van der Waals surface area contributed by atoms with E-state index in [-0.39, 0.29) is 0 Å². The van der Waals surface area contributed by atoms with Gasteiger partial charge in [-0.15, -0.1) is 5.10 Å². The molecule has 2 unspecified atom stereocenters. The zero-order valence-electron chi connectivity index (χ0n) is 6.57. The van der Waals surface area contributed by atoms with Gasteiger partial charge in [-0.25, -0.2) is 0 Å². The van der Waals surface area contributed by atoms with Crippen molar-refractivity contribution in [3.8, 4) is 0 Å². The summed E-state index contributed by atoms with van der Waals surface area (Å²) >= 11 is 0. The summed E-state index contributed by atoms with van der Waals surface area (Å²) in [6, 6.07) is 0.326. The van der Waals surface area contributed by atoms with E-state index in [4.69, 9.17) is 5.73 Å². The van der Waals surface area contributed by atoms with Crippen LogP contribution in [0.5, 0.6) is 0 Å². The van der Waals surface area contributed by atoms with Gasteiger partial charge in [-0.2, -0.15) is 0 Å². The van der Waals surface area contributed by atoms with Crippen LogP contribution in [0, 0.1) is 0 Å². The first-order chi connectivity index (χ1) is 5.29. The van der Waals surface area contributed by atoms with Crippen LogP contribution in [0.3, 0.4) is 0 Å². The van der Waals surface area contributed by atoms with Crippen molar-refractivity contribution in [3.63, 3.8) is 0 Å². The third kappa shape index (κ3) is 0.939. The van der Waals surface area contributed by atoms with Crippen molar-refractivity contribution in [1.82, 2.24) is 15.0 Å². The molecule has 0 saturated heterocycles. The fraction of sp³-hybridized carbons (Fsp3) is 0.714. The van der Waals surface area contributed by atoms with Crippen LogP contribution in [0.4, 0.5) is 0 Å². The van der Waals surface area contributed by atoms with Crippen molar-refractivity contribution < 1.29 is 0 Å². The van der Waals surface area contributed by atoms with Gasteiger partial charge in [0.2, 0.25) is 0 Å². The molecule has 2 N–H and O–H groups in total. The van der Waals surface area contributed by atoms with Gasteiger partial charge in [0.05, 0.1) is 11.9 Å².